The molecule has 1 aliphatic rings. The molecule has 2 rings (SSSR count). The molecule has 1 aliphatic carbocycles. The normalized spacial score (nSPS) is 20.1. The lowest BCUT2D eigenvalue weighted by molar-refractivity contribution is -0.0777. The zero-order chi connectivity index (χ0) is 11.4. The Bertz CT molecular complexity index is 318. The van der Waals surface area contributed by atoms with E-state index in [1.54, 1.807) is 7.11 Å². The van der Waals surface area contributed by atoms with Gasteiger partial charge in [-0.25, -0.2) is 0 Å². The molecule has 2 nitrogen and oxygen atoms in total. The highest BCUT2D eigenvalue weighted by molar-refractivity contribution is 6.20. The predicted octanol–water partition coefficient (Wildman–Crippen LogP) is 3.19. The first-order valence-electron chi connectivity index (χ1n) is 5.83. The van der Waals surface area contributed by atoms with E-state index < -0.39 is 0 Å². The van der Waals surface area contributed by atoms with Crippen LogP contribution in [0.25, 0.3) is 0 Å². The van der Waals surface area contributed by atoms with Crippen molar-refractivity contribution in [2.24, 2.45) is 0 Å². The molecule has 1 fully saturated rings. The van der Waals surface area contributed by atoms with Crippen molar-refractivity contribution in [3.8, 4) is 0 Å². The number of rotatable bonds is 5. The van der Waals surface area contributed by atoms with Crippen molar-refractivity contribution < 1.29 is 4.74 Å². The standard InChI is InChI=1S/C13H18ClNO/c1-16-13(6-4-7-13)10-11(14)9-12-5-2-3-8-15-12/h2-3,5,8,11H,4,6-7,9-10H2,1H3. The molecule has 0 spiro atoms. The Kier molecular flexibility index (Phi) is 3.82. The first-order chi connectivity index (χ1) is 7.74. The Morgan fingerprint density at radius 2 is 2.31 bits per heavy atom. The molecule has 88 valence electrons. The fraction of sp³-hybridized carbons (Fsp3) is 0.615. The van der Waals surface area contributed by atoms with Crippen LogP contribution in [-0.2, 0) is 11.2 Å². The number of aromatic nitrogens is 1. The SMILES string of the molecule is COC1(CC(Cl)Cc2ccccn2)CCC1. The predicted molar refractivity (Wildman–Crippen MR) is 65.8 cm³/mol. The monoisotopic (exact) mass is 239 g/mol. The van der Waals surface area contributed by atoms with Crippen molar-refractivity contribution in [1.82, 2.24) is 4.98 Å². The molecule has 1 atom stereocenters. The molecule has 1 heterocycles. The molecule has 0 aromatic carbocycles. The van der Waals surface area contributed by atoms with Gasteiger partial charge in [0.05, 0.1) is 5.60 Å². The van der Waals surface area contributed by atoms with Gasteiger partial charge in [-0.1, -0.05) is 6.07 Å². The van der Waals surface area contributed by atoms with E-state index in [2.05, 4.69) is 4.98 Å². The van der Waals surface area contributed by atoms with Crippen LogP contribution >= 0.6 is 11.6 Å². The second-order valence-corrected chi connectivity index (χ2v) is 5.18. The van der Waals surface area contributed by atoms with Gasteiger partial charge in [-0.2, -0.15) is 0 Å². The second-order valence-electron chi connectivity index (χ2n) is 4.57. The summed E-state index contributed by atoms with van der Waals surface area (Å²) in [5.74, 6) is 0. The average Bonchev–Trinajstić information content (AvgIpc) is 2.25. The first-order valence-corrected chi connectivity index (χ1v) is 6.27. The minimum Gasteiger partial charge on any atom is -0.378 e. The highest BCUT2D eigenvalue weighted by Crippen LogP contribution is 2.40. The third-order valence-electron chi connectivity index (χ3n) is 3.45. The van der Waals surface area contributed by atoms with E-state index in [0.717, 1.165) is 31.4 Å². The third-order valence-corrected chi connectivity index (χ3v) is 3.76. The van der Waals surface area contributed by atoms with Crippen LogP contribution in [0.15, 0.2) is 24.4 Å². The van der Waals surface area contributed by atoms with Gasteiger partial charge in [-0.3, -0.25) is 4.98 Å². The van der Waals surface area contributed by atoms with E-state index in [1.807, 2.05) is 24.4 Å². The number of methoxy groups -OCH3 is 1. The fourth-order valence-corrected chi connectivity index (χ4v) is 2.72. The Balaban J connectivity index is 1.87. The van der Waals surface area contributed by atoms with Crippen LogP contribution in [-0.4, -0.2) is 23.1 Å². The van der Waals surface area contributed by atoms with E-state index in [-0.39, 0.29) is 11.0 Å². The lowest BCUT2D eigenvalue weighted by Crippen LogP contribution is -2.41. The zero-order valence-electron chi connectivity index (χ0n) is 9.66. The Morgan fingerprint density at radius 1 is 1.50 bits per heavy atom. The molecule has 1 saturated carbocycles. The highest BCUT2D eigenvalue weighted by Gasteiger charge is 2.38. The number of alkyl halides is 1. The van der Waals surface area contributed by atoms with Crippen LogP contribution in [0.5, 0.6) is 0 Å². The minimum absolute atomic E-state index is 0.0567. The van der Waals surface area contributed by atoms with Crippen LogP contribution in [0, 0.1) is 0 Å². The van der Waals surface area contributed by atoms with Gasteiger partial charge >= 0.3 is 0 Å². The molecule has 3 heteroatoms. The summed E-state index contributed by atoms with van der Waals surface area (Å²) in [5.41, 5.74) is 1.12. The van der Waals surface area contributed by atoms with E-state index in [4.69, 9.17) is 16.3 Å². The zero-order valence-corrected chi connectivity index (χ0v) is 10.4. The van der Waals surface area contributed by atoms with Crippen molar-refractivity contribution in [1.29, 1.82) is 0 Å². The number of ether oxygens (including phenoxy) is 1. The quantitative estimate of drug-likeness (QED) is 0.737. The van der Waals surface area contributed by atoms with Crippen molar-refractivity contribution in [2.45, 2.75) is 43.1 Å². The molecule has 1 aromatic heterocycles. The summed E-state index contributed by atoms with van der Waals surface area (Å²) < 4.78 is 5.58. The van der Waals surface area contributed by atoms with E-state index in [9.17, 15) is 0 Å². The number of pyridine rings is 1. The molecule has 0 bridgehead atoms. The van der Waals surface area contributed by atoms with Gasteiger partial charge < -0.3 is 4.74 Å². The summed E-state index contributed by atoms with van der Waals surface area (Å²) >= 11 is 6.37. The van der Waals surface area contributed by atoms with Crippen molar-refractivity contribution in [3.63, 3.8) is 0 Å². The summed E-state index contributed by atoms with van der Waals surface area (Å²) in [5, 5.41) is 0.121. The largest absolute Gasteiger partial charge is 0.378 e. The van der Waals surface area contributed by atoms with Gasteiger partial charge in [0.1, 0.15) is 0 Å². The summed E-state index contributed by atoms with van der Waals surface area (Å²) in [6, 6.07) is 5.95. The van der Waals surface area contributed by atoms with Gasteiger partial charge in [0.15, 0.2) is 0 Å². The Morgan fingerprint density at radius 3 is 2.81 bits per heavy atom. The maximum Gasteiger partial charge on any atom is 0.0693 e. The number of hydrogen-bond acceptors (Lipinski definition) is 2. The molecule has 0 N–H and O–H groups in total. The topological polar surface area (TPSA) is 22.1 Å². The smallest absolute Gasteiger partial charge is 0.0693 e. The van der Waals surface area contributed by atoms with Crippen LogP contribution < -0.4 is 0 Å². The lowest BCUT2D eigenvalue weighted by atomic mass is 9.76. The van der Waals surface area contributed by atoms with Gasteiger partial charge in [0.25, 0.3) is 0 Å². The summed E-state index contributed by atoms with van der Waals surface area (Å²) in [6.45, 7) is 0. The van der Waals surface area contributed by atoms with E-state index in [0.29, 0.717) is 0 Å². The minimum atomic E-state index is 0.0567. The van der Waals surface area contributed by atoms with E-state index in [1.165, 1.54) is 6.42 Å². The van der Waals surface area contributed by atoms with Crippen LogP contribution in [0.2, 0.25) is 0 Å². The molecular weight excluding hydrogens is 222 g/mol. The van der Waals surface area contributed by atoms with Crippen LogP contribution in [0.1, 0.15) is 31.4 Å². The van der Waals surface area contributed by atoms with Crippen LogP contribution in [0.4, 0.5) is 0 Å². The van der Waals surface area contributed by atoms with Crippen molar-refractivity contribution in [3.05, 3.63) is 30.1 Å². The van der Waals surface area contributed by atoms with Crippen molar-refractivity contribution >= 4 is 11.6 Å². The number of nitrogens with zero attached hydrogens (tertiary/aromatic N) is 1. The summed E-state index contributed by atoms with van der Waals surface area (Å²) in [7, 11) is 1.80. The maximum atomic E-state index is 6.37. The Hall–Kier alpha value is -0.600. The summed E-state index contributed by atoms with van der Waals surface area (Å²) in [4.78, 5) is 4.29. The lowest BCUT2D eigenvalue weighted by Gasteiger charge is -2.41. The number of halogens is 1. The van der Waals surface area contributed by atoms with Gasteiger partial charge in [-0.05, 0) is 37.8 Å². The molecule has 1 aromatic rings. The molecule has 0 saturated heterocycles. The molecular formula is C13H18ClNO. The van der Waals surface area contributed by atoms with Crippen LogP contribution in [0.3, 0.4) is 0 Å². The van der Waals surface area contributed by atoms with Gasteiger partial charge in [-0.15, -0.1) is 11.6 Å². The van der Waals surface area contributed by atoms with E-state index >= 15 is 0 Å². The van der Waals surface area contributed by atoms with Crippen molar-refractivity contribution in [2.75, 3.05) is 7.11 Å². The molecule has 16 heavy (non-hydrogen) atoms. The molecule has 0 radical (unpaired) electrons. The average molecular weight is 240 g/mol. The Labute approximate surface area is 102 Å². The third kappa shape index (κ3) is 2.74. The fourth-order valence-electron chi connectivity index (χ4n) is 2.28. The maximum absolute atomic E-state index is 6.37. The first kappa shape index (κ1) is 11.9. The highest BCUT2D eigenvalue weighted by atomic mass is 35.5. The molecule has 1 unspecified atom stereocenters. The second kappa shape index (κ2) is 5.15. The molecule has 0 amide bonds. The number of hydrogen-bond donors (Lipinski definition) is 0. The molecule has 0 aliphatic heterocycles. The van der Waals surface area contributed by atoms with Gasteiger partial charge in [0.2, 0.25) is 0 Å². The summed E-state index contributed by atoms with van der Waals surface area (Å²) in [6.07, 6.45) is 7.13. The van der Waals surface area contributed by atoms with Gasteiger partial charge in [0, 0.05) is 30.8 Å².